The number of carbonyl (C=O) groups is 1. The van der Waals surface area contributed by atoms with Crippen LogP contribution in [0.4, 0.5) is 0 Å². The van der Waals surface area contributed by atoms with E-state index in [1.54, 1.807) is 18.4 Å². The van der Waals surface area contributed by atoms with Crippen LogP contribution < -0.4 is 0 Å². The number of aliphatic carboxylic acids is 1. The minimum atomic E-state index is -0.833. The lowest BCUT2D eigenvalue weighted by Gasteiger charge is -2.09. The number of methoxy groups -OCH3 is 1. The number of hydrogen-bond donors (Lipinski definition) is 1. The number of thiazole rings is 1. The fourth-order valence-corrected chi connectivity index (χ4v) is 3.23. The molecule has 2 rings (SSSR count). The molecular weight excluding hydrogens is 334 g/mol. The molecular formula is C20H27NO3S. The second-order valence-electron chi connectivity index (χ2n) is 5.79. The predicted octanol–water partition coefficient (Wildman–Crippen LogP) is 5.57. The second kappa shape index (κ2) is 11.4. The van der Waals surface area contributed by atoms with Gasteiger partial charge in [-0.1, -0.05) is 44.6 Å². The van der Waals surface area contributed by atoms with Gasteiger partial charge in [0.15, 0.2) is 0 Å². The van der Waals surface area contributed by atoms with Crippen molar-refractivity contribution in [1.82, 2.24) is 4.98 Å². The summed E-state index contributed by atoms with van der Waals surface area (Å²) in [6, 6.07) is 0. The molecule has 4 nitrogen and oxygen atoms in total. The minimum Gasteiger partial charge on any atom is -0.504 e. The summed E-state index contributed by atoms with van der Waals surface area (Å²) in [6.07, 6.45) is 15.7. The van der Waals surface area contributed by atoms with Crippen molar-refractivity contribution < 1.29 is 14.6 Å². The summed E-state index contributed by atoms with van der Waals surface area (Å²) in [4.78, 5) is 13.7. The molecule has 25 heavy (non-hydrogen) atoms. The lowest BCUT2D eigenvalue weighted by Crippen LogP contribution is -1.92. The Morgan fingerprint density at radius 3 is 2.84 bits per heavy atom. The maximum Gasteiger partial charge on any atom is 0.300 e. The molecule has 0 aliphatic heterocycles. The van der Waals surface area contributed by atoms with Gasteiger partial charge in [-0.3, -0.25) is 4.79 Å². The van der Waals surface area contributed by atoms with Crippen LogP contribution in [0.5, 0.6) is 0 Å². The highest BCUT2D eigenvalue weighted by Gasteiger charge is 2.09. The zero-order valence-electron chi connectivity index (χ0n) is 15.4. The topological polar surface area (TPSA) is 59.4 Å². The summed E-state index contributed by atoms with van der Waals surface area (Å²) in [5, 5.41) is 10.8. The van der Waals surface area contributed by atoms with E-state index in [1.165, 1.54) is 29.0 Å². The maximum absolute atomic E-state index is 9.00. The first-order valence-electron chi connectivity index (χ1n) is 8.40. The van der Waals surface area contributed by atoms with Gasteiger partial charge < -0.3 is 9.84 Å². The second-order valence-corrected chi connectivity index (χ2v) is 6.68. The molecule has 0 bridgehead atoms. The van der Waals surface area contributed by atoms with E-state index in [4.69, 9.17) is 19.6 Å². The number of hydrogen-bond acceptors (Lipinski definition) is 4. The molecule has 0 saturated carbocycles. The van der Waals surface area contributed by atoms with E-state index < -0.39 is 5.97 Å². The standard InChI is InChI=1S/C18H23NOS.C2H4O2/c1-4-7-14(2)18-19-17(13-21-18)11-10-15-8-5-6-9-16(15)12-20-3;1-2(3)4/h5-6,8,10-14H,4,7,9H2,1-3H3;1H3,(H,3,4). The fraction of sp³-hybridized carbons (Fsp3) is 0.400. The zero-order valence-corrected chi connectivity index (χ0v) is 16.2. The first-order valence-corrected chi connectivity index (χ1v) is 9.27. The number of carboxylic acid groups (broad SMARTS) is 1. The van der Waals surface area contributed by atoms with E-state index in [0.29, 0.717) is 5.92 Å². The first-order chi connectivity index (χ1) is 12.0. The van der Waals surface area contributed by atoms with E-state index >= 15 is 0 Å². The zero-order chi connectivity index (χ0) is 18.7. The van der Waals surface area contributed by atoms with Crippen LogP contribution in [-0.4, -0.2) is 23.2 Å². The molecule has 1 aromatic rings. The molecule has 1 unspecified atom stereocenters. The predicted molar refractivity (Wildman–Crippen MR) is 105 cm³/mol. The highest BCUT2D eigenvalue weighted by atomic mass is 32.1. The molecule has 0 amide bonds. The van der Waals surface area contributed by atoms with Gasteiger partial charge in [0.05, 0.1) is 24.1 Å². The number of carboxylic acids is 1. The van der Waals surface area contributed by atoms with E-state index in [-0.39, 0.29) is 0 Å². The largest absolute Gasteiger partial charge is 0.504 e. The van der Waals surface area contributed by atoms with Crippen molar-refractivity contribution in [1.29, 1.82) is 0 Å². The van der Waals surface area contributed by atoms with E-state index in [1.807, 2.05) is 6.26 Å². The summed E-state index contributed by atoms with van der Waals surface area (Å²) in [6.45, 7) is 5.56. The van der Waals surface area contributed by atoms with Crippen molar-refractivity contribution in [2.45, 2.75) is 46.0 Å². The van der Waals surface area contributed by atoms with Gasteiger partial charge in [0, 0.05) is 18.2 Å². The van der Waals surface area contributed by atoms with Crippen molar-refractivity contribution in [3.05, 3.63) is 57.8 Å². The molecule has 1 atom stereocenters. The Morgan fingerprint density at radius 1 is 1.48 bits per heavy atom. The van der Waals surface area contributed by atoms with Gasteiger partial charge in [0.1, 0.15) is 0 Å². The molecule has 0 saturated heterocycles. The Morgan fingerprint density at radius 2 is 2.20 bits per heavy atom. The molecule has 1 aliphatic carbocycles. The van der Waals surface area contributed by atoms with E-state index in [9.17, 15) is 0 Å². The average Bonchev–Trinajstić information content (AvgIpc) is 3.03. The van der Waals surface area contributed by atoms with Crippen molar-refractivity contribution in [2.24, 2.45) is 0 Å². The van der Waals surface area contributed by atoms with Crippen molar-refractivity contribution in [3.8, 4) is 0 Å². The number of aromatic nitrogens is 1. The van der Waals surface area contributed by atoms with Crippen LogP contribution in [0.3, 0.4) is 0 Å². The van der Waals surface area contributed by atoms with Crippen LogP contribution in [0.25, 0.3) is 6.08 Å². The molecule has 0 aromatic carbocycles. The summed E-state index contributed by atoms with van der Waals surface area (Å²) in [7, 11) is 1.69. The Labute approximate surface area is 154 Å². The molecule has 1 aromatic heterocycles. The van der Waals surface area contributed by atoms with Gasteiger partial charge >= 0.3 is 0 Å². The molecule has 1 aliphatic rings. The fourth-order valence-electron chi connectivity index (χ4n) is 2.35. The van der Waals surface area contributed by atoms with Crippen molar-refractivity contribution in [2.75, 3.05) is 7.11 Å². The number of nitrogens with zero attached hydrogens (tertiary/aromatic N) is 1. The molecule has 0 fully saturated rings. The van der Waals surface area contributed by atoms with Crippen LogP contribution in [0.15, 0.2) is 47.1 Å². The SMILES string of the molecule is CC(=O)O.CCCC(C)c1nc(C=CC2=CC=CCC2=COC)cs1. The van der Waals surface area contributed by atoms with Gasteiger partial charge in [-0.05, 0) is 30.1 Å². The Balaban J connectivity index is 0.000000705. The third kappa shape index (κ3) is 7.98. The lowest BCUT2D eigenvalue weighted by atomic mass is 9.99. The summed E-state index contributed by atoms with van der Waals surface area (Å²) >= 11 is 1.76. The molecule has 1 heterocycles. The molecule has 136 valence electrons. The highest BCUT2D eigenvalue weighted by molar-refractivity contribution is 7.09. The first kappa shape index (κ1) is 20.9. The van der Waals surface area contributed by atoms with Gasteiger partial charge in [-0.2, -0.15) is 0 Å². The van der Waals surface area contributed by atoms with Crippen LogP contribution in [0.2, 0.25) is 0 Å². The Kier molecular flexibility index (Phi) is 9.55. The summed E-state index contributed by atoms with van der Waals surface area (Å²) in [5.41, 5.74) is 3.44. The van der Waals surface area contributed by atoms with Gasteiger partial charge in [0.25, 0.3) is 5.97 Å². The number of allylic oxidation sites excluding steroid dienone is 6. The van der Waals surface area contributed by atoms with Crippen LogP contribution in [0, 0.1) is 0 Å². The third-order valence-corrected chi connectivity index (χ3v) is 4.59. The number of ether oxygens (including phenoxy) is 1. The summed E-state index contributed by atoms with van der Waals surface area (Å²) < 4.78 is 5.14. The normalized spacial score (nSPS) is 16.3. The van der Waals surface area contributed by atoms with Gasteiger partial charge in [-0.15, -0.1) is 11.3 Å². The average molecular weight is 362 g/mol. The van der Waals surface area contributed by atoms with E-state index in [2.05, 4.69) is 49.6 Å². The third-order valence-electron chi connectivity index (χ3n) is 3.50. The van der Waals surface area contributed by atoms with Crippen molar-refractivity contribution in [3.63, 3.8) is 0 Å². The smallest absolute Gasteiger partial charge is 0.300 e. The molecule has 5 heteroatoms. The van der Waals surface area contributed by atoms with Crippen LogP contribution >= 0.6 is 11.3 Å². The van der Waals surface area contributed by atoms with Crippen LogP contribution in [0.1, 0.15) is 56.7 Å². The van der Waals surface area contributed by atoms with Crippen LogP contribution in [-0.2, 0) is 9.53 Å². The number of rotatable bonds is 6. The van der Waals surface area contributed by atoms with Gasteiger partial charge in [0.2, 0.25) is 0 Å². The quantitative estimate of drug-likeness (QED) is 0.673. The highest BCUT2D eigenvalue weighted by Crippen LogP contribution is 2.26. The maximum atomic E-state index is 9.00. The lowest BCUT2D eigenvalue weighted by molar-refractivity contribution is -0.134. The molecule has 1 N–H and O–H groups in total. The Hall–Kier alpha value is -2.14. The Bertz CT molecular complexity index is 664. The molecule has 0 radical (unpaired) electrons. The minimum absolute atomic E-state index is 0.558. The molecule has 0 spiro atoms. The van der Waals surface area contributed by atoms with Gasteiger partial charge in [-0.25, -0.2) is 4.98 Å². The monoisotopic (exact) mass is 361 g/mol. The summed E-state index contributed by atoms with van der Waals surface area (Å²) in [5.74, 6) is -0.275. The van der Waals surface area contributed by atoms with Crippen molar-refractivity contribution >= 4 is 23.4 Å². The van der Waals surface area contributed by atoms with E-state index in [0.717, 1.165) is 19.0 Å².